The first-order valence-electron chi connectivity index (χ1n) is 9.99. The van der Waals surface area contributed by atoms with Crippen LogP contribution >= 0.6 is 11.3 Å². The van der Waals surface area contributed by atoms with Gasteiger partial charge in [-0.1, -0.05) is 13.8 Å². The maximum absolute atomic E-state index is 13.3. The van der Waals surface area contributed by atoms with E-state index in [1.165, 1.54) is 16.2 Å². The van der Waals surface area contributed by atoms with E-state index in [1.807, 2.05) is 13.8 Å². The van der Waals surface area contributed by atoms with Crippen LogP contribution in [0.25, 0.3) is 0 Å². The first-order valence-corrected chi connectivity index (χ1v) is 10.8. The number of carbonyl (C=O) groups excluding carboxylic acids is 3. The number of hydrogen-bond acceptors (Lipinski definition) is 5. The van der Waals surface area contributed by atoms with Gasteiger partial charge in [-0.25, -0.2) is 4.79 Å². The fourth-order valence-corrected chi connectivity index (χ4v) is 6.55. The van der Waals surface area contributed by atoms with Crippen LogP contribution in [0, 0.1) is 16.7 Å². The molecule has 2 fully saturated rings. The Morgan fingerprint density at radius 2 is 2.00 bits per heavy atom. The van der Waals surface area contributed by atoms with Gasteiger partial charge in [0.1, 0.15) is 10.4 Å². The molecule has 2 unspecified atom stereocenters. The number of amides is 1. The third kappa shape index (κ3) is 2.67. The SMILES string of the molecule is CCOC(=O)c1c(NC(=O)C23CCC(C2)C(C)(C)C3=O)sc2c1CCCC2. The van der Waals surface area contributed by atoms with Crippen molar-refractivity contribution in [2.45, 2.75) is 65.7 Å². The number of thiophene rings is 1. The number of esters is 1. The number of rotatable bonds is 4. The second-order valence-electron chi connectivity index (χ2n) is 8.66. The van der Waals surface area contributed by atoms with Crippen molar-refractivity contribution in [2.75, 3.05) is 11.9 Å². The van der Waals surface area contributed by atoms with Crippen LogP contribution in [0.1, 0.15) is 73.7 Å². The predicted molar refractivity (Wildman–Crippen MR) is 104 cm³/mol. The first kappa shape index (κ1) is 18.7. The molecule has 27 heavy (non-hydrogen) atoms. The molecule has 5 nitrogen and oxygen atoms in total. The van der Waals surface area contributed by atoms with Crippen LogP contribution in [0.4, 0.5) is 5.00 Å². The Kier molecular flexibility index (Phi) is 4.45. The van der Waals surface area contributed by atoms with Gasteiger partial charge < -0.3 is 10.1 Å². The Labute approximate surface area is 163 Å². The summed E-state index contributed by atoms with van der Waals surface area (Å²) in [5.74, 6) is -0.267. The minimum Gasteiger partial charge on any atom is -0.462 e. The molecule has 1 amide bonds. The standard InChI is InChI=1S/C21H27NO4S/c1-4-26-17(23)15-13-7-5-6-8-14(13)27-16(15)22-19(25)21-10-9-12(11-21)20(2,3)18(21)24/h12H,4-11H2,1-3H3,(H,22,25). The van der Waals surface area contributed by atoms with Crippen LogP contribution < -0.4 is 5.32 Å². The Morgan fingerprint density at radius 3 is 2.67 bits per heavy atom. The minimum absolute atomic E-state index is 0.0581. The van der Waals surface area contributed by atoms with Crippen molar-refractivity contribution in [1.82, 2.24) is 0 Å². The number of ketones is 1. The summed E-state index contributed by atoms with van der Waals surface area (Å²) in [6.07, 6.45) is 6.08. The van der Waals surface area contributed by atoms with Crippen molar-refractivity contribution in [3.8, 4) is 0 Å². The van der Waals surface area contributed by atoms with E-state index in [-0.39, 0.29) is 23.6 Å². The molecular weight excluding hydrogens is 362 g/mol. The first-order chi connectivity index (χ1) is 12.8. The van der Waals surface area contributed by atoms with Crippen LogP contribution in [0.15, 0.2) is 0 Å². The zero-order valence-corrected chi connectivity index (χ0v) is 17.1. The predicted octanol–water partition coefficient (Wildman–Crippen LogP) is 4.14. The monoisotopic (exact) mass is 389 g/mol. The molecule has 0 spiro atoms. The van der Waals surface area contributed by atoms with Gasteiger partial charge in [-0.15, -0.1) is 11.3 Å². The number of carbonyl (C=O) groups is 3. The van der Waals surface area contributed by atoms with Crippen molar-refractivity contribution in [3.63, 3.8) is 0 Å². The van der Waals surface area contributed by atoms with Gasteiger partial charge in [-0.2, -0.15) is 0 Å². The Balaban J connectivity index is 1.67. The highest BCUT2D eigenvalue weighted by Gasteiger charge is 2.65. The normalized spacial score (nSPS) is 28.1. The highest BCUT2D eigenvalue weighted by molar-refractivity contribution is 7.17. The quantitative estimate of drug-likeness (QED) is 0.620. The fraction of sp³-hybridized carbons (Fsp3) is 0.667. The zero-order valence-electron chi connectivity index (χ0n) is 16.3. The Hall–Kier alpha value is -1.69. The molecule has 1 aromatic rings. The highest BCUT2D eigenvalue weighted by Crippen LogP contribution is 2.60. The second-order valence-corrected chi connectivity index (χ2v) is 9.77. The van der Waals surface area contributed by atoms with Crippen LogP contribution in [0.5, 0.6) is 0 Å². The maximum atomic E-state index is 13.3. The molecule has 1 aromatic heterocycles. The van der Waals surface area contributed by atoms with Crippen molar-refractivity contribution < 1.29 is 19.1 Å². The molecule has 0 aliphatic heterocycles. The topological polar surface area (TPSA) is 72.5 Å². The molecule has 0 aromatic carbocycles. The lowest BCUT2D eigenvalue weighted by Crippen LogP contribution is -2.44. The lowest BCUT2D eigenvalue weighted by molar-refractivity contribution is -0.142. The average Bonchev–Trinajstić information content (AvgIpc) is 3.28. The van der Waals surface area contributed by atoms with E-state index < -0.39 is 10.8 Å². The number of anilines is 1. The van der Waals surface area contributed by atoms with Crippen molar-refractivity contribution >= 4 is 34.0 Å². The Morgan fingerprint density at radius 1 is 1.26 bits per heavy atom. The summed E-state index contributed by atoms with van der Waals surface area (Å²) in [5, 5.41) is 3.56. The van der Waals surface area contributed by atoms with E-state index >= 15 is 0 Å². The number of Topliss-reactive ketones (excluding diaryl/α,β-unsaturated/α-hetero) is 1. The lowest BCUT2D eigenvalue weighted by atomic mass is 9.70. The Bertz CT molecular complexity index is 824. The molecule has 4 rings (SSSR count). The molecule has 3 aliphatic rings. The van der Waals surface area contributed by atoms with E-state index in [9.17, 15) is 14.4 Å². The highest BCUT2D eigenvalue weighted by atomic mass is 32.1. The molecule has 1 heterocycles. The van der Waals surface area contributed by atoms with E-state index in [2.05, 4.69) is 5.32 Å². The fourth-order valence-electron chi connectivity index (χ4n) is 5.27. The number of aryl methyl sites for hydroxylation is 1. The molecular formula is C21H27NO4S. The van der Waals surface area contributed by atoms with Gasteiger partial charge in [0.15, 0.2) is 5.78 Å². The summed E-state index contributed by atoms with van der Waals surface area (Å²) in [6, 6.07) is 0. The van der Waals surface area contributed by atoms with Crippen LogP contribution in [0.3, 0.4) is 0 Å². The molecule has 146 valence electrons. The zero-order chi connectivity index (χ0) is 19.4. The molecule has 2 atom stereocenters. The maximum Gasteiger partial charge on any atom is 0.341 e. The summed E-state index contributed by atoms with van der Waals surface area (Å²) < 4.78 is 5.26. The third-order valence-electron chi connectivity index (χ3n) is 6.87. The van der Waals surface area contributed by atoms with Crippen LogP contribution in [-0.2, 0) is 27.2 Å². The van der Waals surface area contributed by atoms with Gasteiger partial charge in [-0.3, -0.25) is 9.59 Å². The molecule has 0 radical (unpaired) electrons. The van der Waals surface area contributed by atoms with Gasteiger partial charge in [0.2, 0.25) is 5.91 Å². The number of fused-ring (bicyclic) bond motifs is 3. The van der Waals surface area contributed by atoms with Gasteiger partial charge in [-0.05, 0) is 63.4 Å². The second kappa shape index (κ2) is 6.43. The summed E-state index contributed by atoms with van der Waals surface area (Å²) in [4.78, 5) is 40.0. The number of hydrogen-bond donors (Lipinski definition) is 1. The van der Waals surface area contributed by atoms with Gasteiger partial charge >= 0.3 is 5.97 Å². The molecule has 2 bridgehead atoms. The number of nitrogens with one attached hydrogen (secondary N) is 1. The van der Waals surface area contributed by atoms with Crippen molar-refractivity contribution in [2.24, 2.45) is 16.7 Å². The van der Waals surface area contributed by atoms with Crippen molar-refractivity contribution in [1.29, 1.82) is 0 Å². The minimum atomic E-state index is -0.926. The summed E-state index contributed by atoms with van der Waals surface area (Å²) in [5.41, 5.74) is 0.180. The van der Waals surface area contributed by atoms with E-state index in [1.54, 1.807) is 6.92 Å². The number of ether oxygens (including phenoxy) is 1. The van der Waals surface area contributed by atoms with Crippen LogP contribution in [0.2, 0.25) is 0 Å². The molecule has 3 aliphatic carbocycles. The van der Waals surface area contributed by atoms with Crippen LogP contribution in [-0.4, -0.2) is 24.3 Å². The molecule has 2 saturated carbocycles. The molecule has 0 saturated heterocycles. The third-order valence-corrected chi connectivity index (χ3v) is 8.07. The van der Waals surface area contributed by atoms with Gasteiger partial charge in [0.05, 0.1) is 12.2 Å². The largest absolute Gasteiger partial charge is 0.462 e. The van der Waals surface area contributed by atoms with E-state index in [0.29, 0.717) is 30.0 Å². The van der Waals surface area contributed by atoms with Crippen molar-refractivity contribution in [3.05, 3.63) is 16.0 Å². The summed E-state index contributed by atoms with van der Waals surface area (Å²) >= 11 is 1.48. The summed E-state index contributed by atoms with van der Waals surface area (Å²) in [7, 11) is 0. The van der Waals surface area contributed by atoms with E-state index in [0.717, 1.165) is 37.7 Å². The molecule has 1 N–H and O–H groups in total. The van der Waals surface area contributed by atoms with Gasteiger partial charge in [0.25, 0.3) is 0 Å². The smallest absolute Gasteiger partial charge is 0.341 e. The summed E-state index contributed by atoms with van der Waals surface area (Å²) in [6.45, 7) is 6.01. The van der Waals surface area contributed by atoms with Gasteiger partial charge in [0, 0.05) is 10.3 Å². The lowest BCUT2D eigenvalue weighted by Gasteiger charge is -2.32. The van der Waals surface area contributed by atoms with E-state index in [4.69, 9.17) is 4.74 Å². The average molecular weight is 390 g/mol. The molecule has 6 heteroatoms.